The fourth-order valence-electron chi connectivity index (χ4n) is 2.19. The Hall–Kier alpha value is -1.85. The van der Waals surface area contributed by atoms with Gasteiger partial charge in [0.1, 0.15) is 5.75 Å². The maximum atomic E-state index is 12.4. The topological polar surface area (TPSA) is 69.4 Å². The number of rotatable bonds is 5. The van der Waals surface area contributed by atoms with Crippen LogP contribution in [0.15, 0.2) is 53.4 Å². The van der Waals surface area contributed by atoms with Gasteiger partial charge in [-0.1, -0.05) is 35.9 Å². The maximum Gasteiger partial charge on any atom is 0.180 e. The van der Waals surface area contributed by atoms with Crippen LogP contribution in [0.3, 0.4) is 0 Å². The standard InChI is InChI=1S/C16H19NO3S/c1-12-8-9-16(20-2)14(10-12)15(17)11-21(18,19)13-6-4-3-5-7-13/h3-10,15H,11,17H2,1-2H3. The molecule has 2 aromatic carbocycles. The first-order valence-corrected chi connectivity index (χ1v) is 8.27. The number of ether oxygens (including phenoxy) is 1. The summed E-state index contributed by atoms with van der Waals surface area (Å²) in [6.07, 6.45) is 0. The van der Waals surface area contributed by atoms with E-state index in [-0.39, 0.29) is 10.6 Å². The molecule has 4 nitrogen and oxygen atoms in total. The lowest BCUT2D eigenvalue weighted by molar-refractivity contribution is 0.407. The van der Waals surface area contributed by atoms with Crippen molar-refractivity contribution >= 4 is 9.84 Å². The van der Waals surface area contributed by atoms with Crippen molar-refractivity contribution in [3.63, 3.8) is 0 Å². The van der Waals surface area contributed by atoms with Gasteiger partial charge in [-0.3, -0.25) is 0 Å². The number of hydrogen-bond donors (Lipinski definition) is 1. The molecule has 0 aliphatic carbocycles. The Morgan fingerprint density at radius 3 is 2.43 bits per heavy atom. The molecular formula is C16H19NO3S. The highest BCUT2D eigenvalue weighted by Gasteiger charge is 2.22. The van der Waals surface area contributed by atoms with Gasteiger partial charge in [0.15, 0.2) is 9.84 Å². The minimum absolute atomic E-state index is 0.156. The number of aryl methyl sites for hydroxylation is 1. The van der Waals surface area contributed by atoms with E-state index in [1.807, 2.05) is 19.1 Å². The maximum absolute atomic E-state index is 12.4. The molecule has 0 aromatic heterocycles. The lowest BCUT2D eigenvalue weighted by atomic mass is 10.1. The van der Waals surface area contributed by atoms with Gasteiger partial charge < -0.3 is 10.5 Å². The largest absolute Gasteiger partial charge is 0.496 e. The van der Waals surface area contributed by atoms with E-state index in [2.05, 4.69) is 0 Å². The van der Waals surface area contributed by atoms with Crippen LogP contribution in [-0.2, 0) is 9.84 Å². The molecule has 1 atom stereocenters. The van der Waals surface area contributed by atoms with E-state index in [0.29, 0.717) is 11.3 Å². The monoisotopic (exact) mass is 305 g/mol. The van der Waals surface area contributed by atoms with Gasteiger partial charge in [-0.2, -0.15) is 0 Å². The molecule has 0 amide bonds. The van der Waals surface area contributed by atoms with E-state index >= 15 is 0 Å². The fraction of sp³-hybridized carbons (Fsp3) is 0.250. The van der Waals surface area contributed by atoms with Gasteiger partial charge in [0.05, 0.1) is 17.8 Å². The van der Waals surface area contributed by atoms with Gasteiger partial charge in [-0.15, -0.1) is 0 Å². The summed E-state index contributed by atoms with van der Waals surface area (Å²) in [6, 6.07) is 13.3. The molecule has 0 fully saturated rings. The second-order valence-electron chi connectivity index (χ2n) is 4.95. The van der Waals surface area contributed by atoms with E-state index in [1.54, 1.807) is 43.5 Å². The van der Waals surface area contributed by atoms with Gasteiger partial charge in [-0.25, -0.2) is 8.42 Å². The third-order valence-corrected chi connectivity index (χ3v) is 5.07. The predicted octanol–water partition coefficient (Wildman–Crippen LogP) is 2.48. The van der Waals surface area contributed by atoms with Crippen molar-refractivity contribution in [1.29, 1.82) is 0 Å². The first-order valence-electron chi connectivity index (χ1n) is 6.62. The van der Waals surface area contributed by atoms with E-state index in [1.165, 1.54) is 0 Å². The Morgan fingerprint density at radius 2 is 1.81 bits per heavy atom. The number of sulfone groups is 1. The summed E-state index contributed by atoms with van der Waals surface area (Å²) < 4.78 is 30.0. The lowest BCUT2D eigenvalue weighted by Crippen LogP contribution is -2.22. The highest BCUT2D eigenvalue weighted by atomic mass is 32.2. The molecule has 1 unspecified atom stereocenters. The van der Waals surface area contributed by atoms with Crippen LogP contribution in [0.2, 0.25) is 0 Å². The van der Waals surface area contributed by atoms with Crippen molar-refractivity contribution in [3.05, 3.63) is 59.7 Å². The molecule has 0 radical (unpaired) electrons. The smallest absolute Gasteiger partial charge is 0.180 e. The van der Waals surface area contributed by atoms with Crippen molar-refractivity contribution in [3.8, 4) is 5.75 Å². The van der Waals surface area contributed by atoms with Gasteiger partial charge in [0, 0.05) is 11.6 Å². The van der Waals surface area contributed by atoms with Crippen molar-refractivity contribution in [2.75, 3.05) is 12.9 Å². The molecule has 0 saturated carbocycles. The predicted molar refractivity (Wildman–Crippen MR) is 83.2 cm³/mol. The number of benzene rings is 2. The van der Waals surface area contributed by atoms with Gasteiger partial charge in [0.2, 0.25) is 0 Å². The van der Waals surface area contributed by atoms with E-state index in [4.69, 9.17) is 10.5 Å². The summed E-state index contributed by atoms with van der Waals surface area (Å²) in [5, 5.41) is 0. The minimum atomic E-state index is -3.43. The Labute approximate surface area is 125 Å². The lowest BCUT2D eigenvalue weighted by Gasteiger charge is -2.16. The van der Waals surface area contributed by atoms with Crippen LogP contribution in [-0.4, -0.2) is 21.3 Å². The Balaban J connectivity index is 2.30. The van der Waals surface area contributed by atoms with Crippen LogP contribution >= 0.6 is 0 Å². The third-order valence-electron chi connectivity index (χ3n) is 3.29. The minimum Gasteiger partial charge on any atom is -0.496 e. The summed E-state index contributed by atoms with van der Waals surface area (Å²) in [6.45, 7) is 1.93. The van der Waals surface area contributed by atoms with Gasteiger partial charge in [0.25, 0.3) is 0 Å². The molecule has 2 N–H and O–H groups in total. The first-order chi connectivity index (χ1) is 9.94. The van der Waals surface area contributed by atoms with Crippen LogP contribution in [0, 0.1) is 6.92 Å². The molecule has 112 valence electrons. The van der Waals surface area contributed by atoms with Crippen LogP contribution < -0.4 is 10.5 Å². The number of methoxy groups -OCH3 is 1. The molecule has 0 spiro atoms. The van der Waals surface area contributed by atoms with E-state index in [0.717, 1.165) is 5.56 Å². The Kier molecular flexibility index (Phi) is 4.65. The van der Waals surface area contributed by atoms with Crippen LogP contribution in [0.1, 0.15) is 17.2 Å². The van der Waals surface area contributed by atoms with Crippen LogP contribution in [0.4, 0.5) is 0 Å². The molecule has 21 heavy (non-hydrogen) atoms. The molecule has 5 heteroatoms. The average molecular weight is 305 g/mol. The normalized spacial score (nSPS) is 12.9. The number of nitrogens with two attached hydrogens (primary N) is 1. The summed E-state index contributed by atoms with van der Waals surface area (Å²) in [5.74, 6) is 0.452. The van der Waals surface area contributed by atoms with Crippen molar-refractivity contribution < 1.29 is 13.2 Å². The van der Waals surface area contributed by atoms with Crippen molar-refractivity contribution in [2.45, 2.75) is 17.9 Å². The second kappa shape index (κ2) is 6.28. The first kappa shape index (κ1) is 15.5. The Bertz CT molecular complexity index is 712. The number of hydrogen-bond acceptors (Lipinski definition) is 4. The summed E-state index contributed by atoms with van der Waals surface area (Å²) >= 11 is 0. The quantitative estimate of drug-likeness (QED) is 0.921. The summed E-state index contributed by atoms with van der Waals surface area (Å²) in [7, 11) is -1.88. The SMILES string of the molecule is COc1ccc(C)cc1C(N)CS(=O)(=O)c1ccccc1. The Morgan fingerprint density at radius 1 is 1.14 bits per heavy atom. The van der Waals surface area contributed by atoms with Crippen LogP contribution in [0.5, 0.6) is 5.75 Å². The molecule has 0 saturated heterocycles. The van der Waals surface area contributed by atoms with E-state index in [9.17, 15) is 8.42 Å². The van der Waals surface area contributed by atoms with E-state index < -0.39 is 15.9 Å². The average Bonchev–Trinajstić information content (AvgIpc) is 2.47. The molecular weight excluding hydrogens is 286 g/mol. The second-order valence-corrected chi connectivity index (χ2v) is 6.98. The molecule has 2 rings (SSSR count). The molecule has 0 aliphatic heterocycles. The highest BCUT2D eigenvalue weighted by Crippen LogP contribution is 2.27. The van der Waals surface area contributed by atoms with Crippen molar-refractivity contribution in [2.24, 2.45) is 5.73 Å². The van der Waals surface area contributed by atoms with Gasteiger partial charge >= 0.3 is 0 Å². The molecule has 0 bridgehead atoms. The zero-order valence-corrected chi connectivity index (χ0v) is 12.9. The third kappa shape index (κ3) is 3.62. The van der Waals surface area contributed by atoms with Crippen LogP contribution in [0.25, 0.3) is 0 Å². The summed E-state index contributed by atoms with van der Waals surface area (Å²) in [4.78, 5) is 0.284. The highest BCUT2D eigenvalue weighted by molar-refractivity contribution is 7.91. The summed E-state index contributed by atoms with van der Waals surface area (Å²) in [5.41, 5.74) is 7.82. The zero-order chi connectivity index (χ0) is 15.5. The molecule has 0 heterocycles. The fourth-order valence-corrected chi connectivity index (χ4v) is 3.61. The molecule has 0 aliphatic rings. The van der Waals surface area contributed by atoms with Crippen molar-refractivity contribution in [1.82, 2.24) is 0 Å². The zero-order valence-electron chi connectivity index (χ0n) is 12.1. The molecule has 2 aromatic rings. The van der Waals surface area contributed by atoms with Gasteiger partial charge in [-0.05, 0) is 25.1 Å².